The molecule has 0 saturated heterocycles. The zero-order chi connectivity index (χ0) is 16.5. The van der Waals surface area contributed by atoms with Crippen molar-refractivity contribution < 1.29 is 4.79 Å². The Labute approximate surface area is 138 Å². The summed E-state index contributed by atoms with van der Waals surface area (Å²) in [5, 5.41) is 8.30. The van der Waals surface area contributed by atoms with E-state index in [0.717, 1.165) is 17.6 Å². The van der Waals surface area contributed by atoms with Gasteiger partial charge in [0.25, 0.3) is 5.91 Å². The Morgan fingerprint density at radius 1 is 1.29 bits per heavy atom. The predicted octanol–water partition coefficient (Wildman–Crippen LogP) is 2.49. The van der Waals surface area contributed by atoms with Gasteiger partial charge in [-0.05, 0) is 31.0 Å². The van der Waals surface area contributed by atoms with Crippen LogP contribution in [0.3, 0.4) is 0 Å². The first kappa shape index (κ1) is 14.4. The molecule has 0 fully saturated rings. The molecule has 120 valence electrons. The molecule has 3 heterocycles. The first-order valence-electron chi connectivity index (χ1n) is 7.87. The third kappa shape index (κ3) is 2.52. The van der Waals surface area contributed by atoms with Gasteiger partial charge in [-0.25, -0.2) is 9.50 Å². The molecule has 2 N–H and O–H groups in total. The van der Waals surface area contributed by atoms with Gasteiger partial charge in [0, 0.05) is 35.4 Å². The average Bonchev–Trinajstić information content (AvgIpc) is 3.22. The topological polar surface area (TPSA) is 75.1 Å². The van der Waals surface area contributed by atoms with E-state index in [0.29, 0.717) is 17.9 Å². The number of fused-ring (bicyclic) bond motifs is 2. The van der Waals surface area contributed by atoms with Crippen molar-refractivity contribution in [2.24, 2.45) is 0 Å². The van der Waals surface area contributed by atoms with Gasteiger partial charge in [-0.3, -0.25) is 4.79 Å². The van der Waals surface area contributed by atoms with Crippen molar-refractivity contribution in [3.63, 3.8) is 0 Å². The van der Waals surface area contributed by atoms with Gasteiger partial charge in [0.2, 0.25) is 0 Å². The van der Waals surface area contributed by atoms with Gasteiger partial charge in [0.1, 0.15) is 5.69 Å². The fraction of sp³-hybridized carbons (Fsp3) is 0.167. The van der Waals surface area contributed by atoms with Gasteiger partial charge < -0.3 is 10.3 Å². The number of aryl methyl sites for hydroxylation is 1. The lowest BCUT2D eigenvalue weighted by molar-refractivity contribution is 0.0949. The van der Waals surface area contributed by atoms with Crippen LogP contribution in [0.2, 0.25) is 0 Å². The summed E-state index contributed by atoms with van der Waals surface area (Å²) >= 11 is 0. The van der Waals surface area contributed by atoms with Crippen molar-refractivity contribution in [2.45, 2.75) is 13.3 Å². The number of nitrogens with zero attached hydrogens (tertiary/aromatic N) is 3. The molecule has 4 aromatic rings. The summed E-state index contributed by atoms with van der Waals surface area (Å²) in [4.78, 5) is 19.9. The average molecular weight is 319 g/mol. The normalized spacial score (nSPS) is 11.2. The summed E-state index contributed by atoms with van der Waals surface area (Å²) in [5.74, 6) is -0.165. The number of amides is 1. The Morgan fingerprint density at radius 3 is 3.08 bits per heavy atom. The van der Waals surface area contributed by atoms with E-state index in [-0.39, 0.29) is 5.91 Å². The van der Waals surface area contributed by atoms with E-state index < -0.39 is 0 Å². The lowest BCUT2D eigenvalue weighted by Crippen LogP contribution is -2.27. The quantitative estimate of drug-likeness (QED) is 0.607. The molecule has 6 heteroatoms. The molecule has 1 amide bonds. The van der Waals surface area contributed by atoms with Crippen LogP contribution < -0.4 is 5.32 Å². The first-order valence-corrected chi connectivity index (χ1v) is 7.87. The zero-order valence-electron chi connectivity index (χ0n) is 13.3. The lowest BCUT2D eigenvalue weighted by atomic mass is 10.1. The fourth-order valence-corrected chi connectivity index (χ4v) is 2.92. The number of rotatable bonds is 4. The van der Waals surface area contributed by atoms with Gasteiger partial charge in [-0.2, -0.15) is 5.10 Å². The number of aromatic nitrogens is 4. The molecule has 1 aromatic carbocycles. The van der Waals surface area contributed by atoms with Crippen LogP contribution in [0.4, 0.5) is 0 Å². The van der Waals surface area contributed by atoms with Crippen LogP contribution in [0.1, 0.15) is 21.7 Å². The highest BCUT2D eigenvalue weighted by molar-refractivity contribution is 5.93. The molecule has 6 nitrogen and oxygen atoms in total. The van der Waals surface area contributed by atoms with Crippen molar-refractivity contribution in [1.82, 2.24) is 24.9 Å². The van der Waals surface area contributed by atoms with Crippen LogP contribution in [-0.2, 0) is 6.42 Å². The minimum atomic E-state index is -0.165. The van der Waals surface area contributed by atoms with E-state index in [2.05, 4.69) is 26.4 Å². The Kier molecular flexibility index (Phi) is 3.49. The third-order valence-corrected chi connectivity index (χ3v) is 4.12. The highest BCUT2D eigenvalue weighted by atomic mass is 16.1. The van der Waals surface area contributed by atoms with Crippen molar-refractivity contribution in [1.29, 1.82) is 0 Å². The number of nitrogens with one attached hydrogen (secondary N) is 2. The maximum atomic E-state index is 12.3. The summed E-state index contributed by atoms with van der Waals surface area (Å²) in [6.07, 6.45) is 4.44. The van der Waals surface area contributed by atoms with Crippen LogP contribution in [0, 0.1) is 6.92 Å². The summed E-state index contributed by atoms with van der Waals surface area (Å²) < 4.78 is 1.71. The molecule has 0 atom stereocenters. The first-order chi connectivity index (χ1) is 11.7. The summed E-state index contributed by atoms with van der Waals surface area (Å²) in [6, 6.07) is 11.7. The Hall–Kier alpha value is -3.15. The molecule has 3 aromatic heterocycles. The number of benzene rings is 1. The number of para-hydroxylation sites is 1. The number of carbonyl (C=O) groups excluding carboxylic acids is 1. The second kappa shape index (κ2) is 5.81. The SMILES string of the molecule is Cc1cc(C(=O)NCCc2c[nH]c3ccccc23)nc2ccnn12. The lowest BCUT2D eigenvalue weighted by Gasteiger charge is -2.06. The molecule has 0 aliphatic heterocycles. The van der Waals surface area contributed by atoms with Gasteiger partial charge >= 0.3 is 0 Å². The highest BCUT2D eigenvalue weighted by Crippen LogP contribution is 2.17. The minimum absolute atomic E-state index is 0.165. The molecular formula is C18H17N5O. The van der Waals surface area contributed by atoms with Crippen molar-refractivity contribution in [2.75, 3.05) is 6.54 Å². The van der Waals surface area contributed by atoms with E-state index in [4.69, 9.17) is 0 Å². The zero-order valence-corrected chi connectivity index (χ0v) is 13.3. The number of aromatic amines is 1. The Balaban J connectivity index is 1.46. The minimum Gasteiger partial charge on any atom is -0.361 e. The van der Waals surface area contributed by atoms with Gasteiger partial charge in [0.15, 0.2) is 5.65 Å². The number of hydrogen-bond acceptors (Lipinski definition) is 3. The standard InChI is InChI=1S/C18H17N5O/c1-12-10-16(22-17-7-9-21-23(12)17)18(24)19-8-6-13-11-20-15-5-3-2-4-14(13)15/h2-5,7,9-11,20H,6,8H2,1H3,(H,19,24). The monoisotopic (exact) mass is 319 g/mol. The van der Waals surface area contributed by atoms with E-state index in [9.17, 15) is 4.79 Å². The van der Waals surface area contributed by atoms with Crippen LogP contribution >= 0.6 is 0 Å². The van der Waals surface area contributed by atoms with E-state index in [1.165, 1.54) is 10.9 Å². The number of H-pyrrole nitrogens is 1. The van der Waals surface area contributed by atoms with Crippen molar-refractivity contribution in [3.8, 4) is 0 Å². The van der Waals surface area contributed by atoms with Gasteiger partial charge in [-0.15, -0.1) is 0 Å². The molecule has 24 heavy (non-hydrogen) atoms. The second-order valence-corrected chi connectivity index (χ2v) is 5.75. The molecular weight excluding hydrogens is 302 g/mol. The Morgan fingerprint density at radius 2 is 2.17 bits per heavy atom. The van der Waals surface area contributed by atoms with E-state index in [1.807, 2.05) is 31.3 Å². The fourth-order valence-electron chi connectivity index (χ4n) is 2.92. The molecule has 0 aliphatic rings. The molecule has 0 bridgehead atoms. The van der Waals surface area contributed by atoms with Crippen molar-refractivity contribution in [3.05, 3.63) is 65.7 Å². The summed E-state index contributed by atoms with van der Waals surface area (Å²) in [7, 11) is 0. The smallest absolute Gasteiger partial charge is 0.270 e. The molecule has 0 aliphatic carbocycles. The molecule has 0 spiro atoms. The molecule has 0 radical (unpaired) electrons. The molecule has 0 unspecified atom stereocenters. The maximum absolute atomic E-state index is 12.3. The van der Waals surface area contributed by atoms with E-state index in [1.54, 1.807) is 22.8 Å². The molecule has 0 saturated carbocycles. The predicted molar refractivity (Wildman–Crippen MR) is 92.1 cm³/mol. The van der Waals surface area contributed by atoms with Crippen LogP contribution in [-0.4, -0.2) is 32.0 Å². The Bertz CT molecular complexity index is 1030. The van der Waals surface area contributed by atoms with Crippen LogP contribution in [0.15, 0.2) is 48.8 Å². The number of hydrogen-bond donors (Lipinski definition) is 2. The summed E-state index contributed by atoms with van der Waals surface area (Å²) in [5.41, 5.74) is 4.28. The summed E-state index contributed by atoms with van der Waals surface area (Å²) in [6.45, 7) is 2.47. The van der Waals surface area contributed by atoms with Crippen LogP contribution in [0.5, 0.6) is 0 Å². The number of carbonyl (C=O) groups is 1. The van der Waals surface area contributed by atoms with Gasteiger partial charge in [0.05, 0.1) is 6.20 Å². The second-order valence-electron chi connectivity index (χ2n) is 5.75. The van der Waals surface area contributed by atoms with E-state index >= 15 is 0 Å². The maximum Gasteiger partial charge on any atom is 0.270 e. The van der Waals surface area contributed by atoms with Crippen molar-refractivity contribution >= 4 is 22.5 Å². The third-order valence-electron chi connectivity index (χ3n) is 4.12. The van der Waals surface area contributed by atoms with Crippen LogP contribution in [0.25, 0.3) is 16.6 Å². The van der Waals surface area contributed by atoms with Gasteiger partial charge in [-0.1, -0.05) is 18.2 Å². The highest BCUT2D eigenvalue weighted by Gasteiger charge is 2.11. The largest absolute Gasteiger partial charge is 0.361 e. The molecule has 4 rings (SSSR count).